The van der Waals surface area contributed by atoms with Gasteiger partial charge in [-0.15, -0.1) is 0 Å². The van der Waals surface area contributed by atoms with Crippen molar-refractivity contribution in [3.63, 3.8) is 0 Å². The van der Waals surface area contributed by atoms with Crippen LogP contribution >= 0.6 is 0 Å². The second kappa shape index (κ2) is 5.25. The average molecular weight is 268 g/mol. The van der Waals surface area contributed by atoms with E-state index in [2.05, 4.69) is 23.6 Å². The Kier molecular flexibility index (Phi) is 3.45. The molecule has 3 nitrogen and oxygen atoms in total. The van der Waals surface area contributed by atoms with E-state index in [1.807, 2.05) is 36.4 Å². The van der Waals surface area contributed by atoms with E-state index in [1.165, 1.54) is 0 Å². The fourth-order valence-electron chi connectivity index (χ4n) is 2.78. The molecule has 3 rings (SSSR count). The number of hydrogen-bond acceptors (Lipinski definition) is 2. The van der Waals surface area contributed by atoms with Gasteiger partial charge in [-0.1, -0.05) is 30.3 Å². The average Bonchev–Trinajstić information content (AvgIpc) is 2.47. The van der Waals surface area contributed by atoms with E-state index in [9.17, 15) is 4.79 Å². The number of amides is 1. The highest BCUT2D eigenvalue weighted by Crippen LogP contribution is 2.20. The van der Waals surface area contributed by atoms with Crippen LogP contribution in [0.25, 0.3) is 10.8 Å². The topological polar surface area (TPSA) is 41.1 Å². The maximum Gasteiger partial charge on any atom is 0.251 e. The summed E-state index contributed by atoms with van der Waals surface area (Å²) in [5.74, 6) is 0.0279. The van der Waals surface area contributed by atoms with E-state index >= 15 is 0 Å². The Hall–Kier alpha value is -1.87. The lowest BCUT2D eigenvalue weighted by Gasteiger charge is -2.35. The molecule has 1 aliphatic heterocycles. The van der Waals surface area contributed by atoms with Crippen molar-refractivity contribution in [1.29, 1.82) is 0 Å². The van der Waals surface area contributed by atoms with E-state index in [0.717, 1.165) is 42.3 Å². The van der Waals surface area contributed by atoms with Crippen LogP contribution in [-0.2, 0) is 0 Å². The van der Waals surface area contributed by atoms with Gasteiger partial charge >= 0.3 is 0 Å². The molecule has 1 fully saturated rings. The summed E-state index contributed by atoms with van der Waals surface area (Å²) in [6.45, 7) is 4.07. The number of nitrogens with one attached hydrogen (secondary N) is 2. The number of benzene rings is 2. The first kappa shape index (κ1) is 13.1. The molecular formula is C17H20N2O. The Bertz CT molecular complexity index is 630. The highest BCUT2D eigenvalue weighted by atomic mass is 16.1. The summed E-state index contributed by atoms with van der Waals surface area (Å²) in [5, 5.41) is 8.79. The molecule has 0 radical (unpaired) electrons. The van der Waals surface area contributed by atoms with Crippen molar-refractivity contribution >= 4 is 16.7 Å². The molecular weight excluding hydrogens is 248 g/mol. The number of rotatable bonds is 2. The summed E-state index contributed by atoms with van der Waals surface area (Å²) in [6.07, 6.45) is 1.96. The van der Waals surface area contributed by atoms with Crippen molar-refractivity contribution in [2.45, 2.75) is 25.3 Å². The second-order valence-electron chi connectivity index (χ2n) is 5.83. The first-order valence-corrected chi connectivity index (χ1v) is 7.18. The zero-order chi connectivity index (χ0) is 14.0. The third-order valence-electron chi connectivity index (χ3n) is 4.13. The van der Waals surface area contributed by atoms with Crippen LogP contribution in [0.3, 0.4) is 0 Å². The molecule has 2 aromatic rings. The molecule has 1 aliphatic rings. The molecule has 104 valence electrons. The molecule has 0 aromatic heterocycles. The Morgan fingerprint density at radius 1 is 1.10 bits per heavy atom. The maximum absolute atomic E-state index is 12.4. The third-order valence-corrected chi connectivity index (χ3v) is 4.13. The summed E-state index contributed by atoms with van der Waals surface area (Å²) < 4.78 is 0. The third kappa shape index (κ3) is 2.68. The van der Waals surface area contributed by atoms with Crippen molar-refractivity contribution in [2.75, 3.05) is 13.1 Å². The van der Waals surface area contributed by atoms with Crippen LogP contribution in [0, 0.1) is 0 Å². The van der Waals surface area contributed by atoms with Crippen molar-refractivity contribution in [2.24, 2.45) is 0 Å². The molecule has 1 saturated heterocycles. The molecule has 0 atom stereocenters. The van der Waals surface area contributed by atoms with Gasteiger partial charge in [0.05, 0.1) is 0 Å². The molecule has 20 heavy (non-hydrogen) atoms. The summed E-state index contributed by atoms with van der Waals surface area (Å²) in [7, 11) is 0. The van der Waals surface area contributed by atoms with Crippen LogP contribution in [-0.4, -0.2) is 24.5 Å². The Morgan fingerprint density at radius 3 is 2.55 bits per heavy atom. The first-order chi connectivity index (χ1) is 9.66. The number of hydrogen-bond donors (Lipinski definition) is 2. The van der Waals surface area contributed by atoms with Gasteiger partial charge in [0.1, 0.15) is 0 Å². The van der Waals surface area contributed by atoms with Gasteiger partial charge in [0, 0.05) is 11.1 Å². The zero-order valence-corrected chi connectivity index (χ0v) is 11.8. The van der Waals surface area contributed by atoms with E-state index in [4.69, 9.17) is 0 Å². The lowest BCUT2D eigenvalue weighted by Crippen LogP contribution is -2.52. The van der Waals surface area contributed by atoms with Gasteiger partial charge < -0.3 is 10.6 Å². The van der Waals surface area contributed by atoms with Gasteiger partial charge in [-0.3, -0.25) is 4.79 Å². The van der Waals surface area contributed by atoms with E-state index in [1.54, 1.807) is 0 Å². The minimum Gasteiger partial charge on any atom is -0.347 e. The van der Waals surface area contributed by atoms with E-state index in [-0.39, 0.29) is 11.4 Å². The second-order valence-corrected chi connectivity index (χ2v) is 5.83. The van der Waals surface area contributed by atoms with Gasteiger partial charge in [0.25, 0.3) is 5.91 Å². The van der Waals surface area contributed by atoms with Crippen molar-refractivity contribution in [3.8, 4) is 0 Å². The monoisotopic (exact) mass is 268 g/mol. The van der Waals surface area contributed by atoms with Crippen LogP contribution in [0.1, 0.15) is 30.1 Å². The number of fused-ring (bicyclic) bond motifs is 1. The molecule has 0 unspecified atom stereocenters. The summed E-state index contributed by atoms with van der Waals surface area (Å²) >= 11 is 0. The highest BCUT2D eigenvalue weighted by Gasteiger charge is 2.28. The quantitative estimate of drug-likeness (QED) is 0.879. The van der Waals surface area contributed by atoms with Crippen LogP contribution < -0.4 is 10.6 Å². The molecule has 0 spiro atoms. The largest absolute Gasteiger partial charge is 0.347 e. The molecule has 2 N–H and O–H groups in total. The maximum atomic E-state index is 12.4. The fourth-order valence-corrected chi connectivity index (χ4v) is 2.78. The van der Waals surface area contributed by atoms with Gasteiger partial charge in [0.2, 0.25) is 0 Å². The molecule has 1 amide bonds. The molecule has 2 aromatic carbocycles. The molecule has 3 heteroatoms. The highest BCUT2D eigenvalue weighted by molar-refractivity contribution is 5.98. The number of piperidine rings is 1. The predicted octanol–water partition coefficient (Wildman–Crippen LogP) is 2.71. The molecule has 0 bridgehead atoms. The SMILES string of the molecule is CC1(NC(=O)c2ccc3ccccc3c2)CCNCC1. The zero-order valence-electron chi connectivity index (χ0n) is 11.8. The Balaban J connectivity index is 1.81. The smallest absolute Gasteiger partial charge is 0.251 e. The Morgan fingerprint density at radius 2 is 1.80 bits per heavy atom. The standard InChI is InChI=1S/C17H20N2O/c1-17(8-10-18-11-9-17)19-16(20)15-7-6-13-4-2-3-5-14(13)12-15/h2-7,12,18H,8-11H2,1H3,(H,19,20). The van der Waals surface area contributed by atoms with Crippen molar-refractivity contribution in [1.82, 2.24) is 10.6 Å². The number of carbonyl (C=O) groups excluding carboxylic acids is 1. The van der Waals surface area contributed by atoms with E-state index in [0.29, 0.717) is 0 Å². The first-order valence-electron chi connectivity index (χ1n) is 7.18. The van der Waals surface area contributed by atoms with Crippen LogP contribution in [0.2, 0.25) is 0 Å². The molecule has 0 saturated carbocycles. The van der Waals surface area contributed by atoms with Gasteiger partial charge in [-0.25, -0.2) is 0 Å². The van der Waals surface area contributed by atoms with Crippen molar-refractivity contribution in [3.05, 3.63) is 48.0 Å². The summed E-state index contributed by atoms with van der Waals surface area (Å²) in [4.78, 5) is 12.4. The van der Waals surface area contributed by atoms with Crippen LogP contribution in [0.5, 0.6) is 0 Å². The summed E-state index contributed by atoms with van der Waals surface area (Å²) in [5.41, 5.74) is 0.650. The minimum atomic E-state index is -0.0893. The van der Waals surface area contributed by atoms with E-state index < -0.39 is 0 Å². The van der Waals surface area contributed by atoms with Crippen LogP contribution in [0.15, 0.2) is 42.5 Å². The normalized spacial score (nSPS) is 17.9. The molecule has 0 aliphatic carbocycles. The lowest BCUT2D eigenvalue weighted by atomic mass is 9.90. The lowest BCUT2D eigenvalue weighted by molar-refractivity contribution is 0.0887. The predicted molar refractivity (Wildman–Crippen MR) is 81.9 cm³/mol. The van der Waals surface area contributed by atoms with Gasteiger partial charge in [0.15, 0.2) is 0 Å². The Labute approximate surface area is 119 Å². The van der Waals surface area contributed by atoms with Crippen LogP contribution in [0.4, 0.5) is 0 Å². The molecule has 1 heterocycles. The fraction of sp³-hybridized carbons (Fsp3) is 0.353. The summed E-state index contributed by atoms with van der Waals surface area (Å²) in [6, 6.07) is 14.0. The minimum absolute atomic E-state index is 0.0279. The van der Waals surface area contributed by atoms with Crippen molar-refractivity contribution < 1.29 is 4.79 Å². The number of carbonyl (C=O) groups is 1. The van der Waals surface area contributed by atoms with Gasteiger partial charge in [-0.2, -0.15) is 0 Å². The van der Waals surface area contributed by atoms with Gasteiger partial charge in [-0.05, 0) is 55.8 Å².